The Kier molecular flexibility index (Phi) is 2.45. The van der Waals surface area contributed by atoms with E-state index in [1.807, 2.05) is 35.7 Å². The number of aromatic amines is 1. The van der Waals surface area contributed by atoms with Gasteiger partial charge in [-0.05, 0) is 12.1 Å². The molecule has 0 fully saturated rings. The fourth-order valence-electron chi connectivity index (χ4n) is 2.25. The minimum Gasteiger partial charge on any atom is -0.358 e. The standard InChI is InChI=1S/C14H8ClN3OS/c15-10-7-20-13-11-9(6-16-12(10)13)14(19)18(17-11)8-4-2-1-3-5-8/h1-7,16H. The van der Waals surface area contributed by atoms with Gasteiger partial charge in [0.15, 0.2) is 0 Å². The van der Waals surface area contributed by atoms with Crippen LogP contribution in [0.25, 0.3) is 27.2 Å². The lowest BCUT2D eigenvalue weighted by molar-refractivity contribution is 0.859. The summed E-state index contributed by atoms with van der Waals surface area (Å²) in [7, 11) is 0. The maximum Gasteiger partial charge on any atom is 0.282 e. The molecule has 4 rings (SSSR count). The average molecular weight is 302 g/mol. The number of nitrogens with zero attached hydrogens (tertiary/aromatic N) is 2. The summed E-state index contributed by atoms with van der Waals surface area (Å²) in [5.74, 6) is 0. The van der Waals surface area contributed by atoms with Crippen molar-refractivity contribution >= 4 is 33.2 Å². The molecule has 1 aromatic carbocycles. The first-order valence-corrected chi connectivity index (χ1v) is 7.24. The average Bonchev–Trinajstić information content (AvgIpc) is 3.02. The Balaban J connectivity index is 2.10. The van der Waals surface area contributed by atoms with Crippen molar-refractivity contribution in [1.29, 1.82) is 0 Å². The minimum atomic E-state index is -0.131. The number of fused-ring (bicyclic) bond motifs is 3. The van der Waals surface area contributed by atoms with Crippen LogP contribution in [0.15, 0.2) is 46.7 Å². The van der Waals surface area contributed by atoms with Gasteiger partial charge in [0.25, 0.3) is 5.56 Å². The number of H-pyrrole nitrogens is 1. The molecule has 98 valence electrons. The van der Waals surface area contributed by atoms with Gasteiger partial charge in [0.1, 0.15) is 5.69 Å². The predicted molar refractivity (Wildman–Crippen MR) is 81.2 cm³/mol. The number of rotatable bonds is 1. The highest BCUT2D eigenvalue weighted by molar-refractivity contribution is 7.18. The molecule has 2 aromatic rings. The highest BCUT2D eigenvalue weighted by atomic mass is 35.5. The number of para-hydroxylation sites is 1. The zero-order chi connectivity index (χ0) is 13.7. The van der Waals surface area contributed by atoms with Crippen LogP contribution in [-0.2, 0) is 0 Å². The van der Waals surface area contributed by atoms with Crippen molar-refractivity contribution in [3.05, 3.63) is 57.3 Å². The van der Waals surface area contributed by atoms with Gasteiger partial charge in [-0.25, -0.2) is 0 Å². The Bertz CT molecular complexity index is 938. The third-order valence-corrected chi connectivity index (χ3v) is 4.61. The predicted octanol–water partition coefficient (Wildman–Crippen LogP) is 3.53. The van der Waals surface area contributed by atoms with Gasteiger partial charge in [0, 0.05) is 11.6 Å². The third-order valence-electron chi connectivity index (χ3n) is 3.20. The van der Waals surface area contributed by atoms with E-state index in [9.17, 15) is 4.79 Å². The Morgan fingerprint density at radius 2 is 2.05 bits per heavy atom. The van der Waals surface area contributed by atoms with Gasteiger partial charge in [-0.3, -0.25) is 4.79 Å². The molecule has 2 aliphatic rings. The van der Waals surface area contributed by atoms with Crippen LogP contribution in [0.4, 0.5) is 0 Å². The van der Waals surface area contributed by atoms with Gasteiger partial charge >= 0.3 is 0 Å². The quantitative estimate of drug-likeness (QED) is 0.584. The molecule has 0 unspecified atom stereocenters. The van der Waals surface area contributed by atoms with Crippen molar-refractivity contribution in [3.63, 3.8) is 0 Å². The molecule has 0 saturated heterocycles. The zero-order valence-electron chi connectivity index (χ0n) is 10.1. The maximum absolute atomic E-state index is 12.4. The lowest BCUT2D eigenvalue weighted by Crippen LogP contribution is -2.14. The zero-order valence-corrected chi connectivity index (χ0v) is 11.7. The molecule has 4 nitrogen and oxygen atoms in total. The van der Waals surface area contributed by atoms with Crippen molar-refractivity contribution in [2.75, 3.05) is 0 Å². The number of aromatic nitrogens is 3. The van der Waals surface area contributed by atoms with Crippen LogP contribution in [0, 0.1) is 0 Å². The summed E-state index contributed by atoms with van der Waals surface area (Å²) in [4.78, 5) is 15.5. The van der Waals surface area contributed by atoms with E-state index in [4.69, 9.17) is 11.6 Å². The second-order valence-electron chi connectivity index (χ2n) is 4.39. The molecule has 0 saturated carbocycles. The summed E-state index contributed by atoms with van der Waals surface area (Å²) in [6.07, 6.45) is 1.67. The maximum atomic E-state index is 12.4. The first-order valence-electron chi connectivity index (χ1n) is 5.98. The fraction of sp³-hybridized carbons (Fsp3) is 0. The van der Waals surface area contributed by atoms with Gasteiger partial charge in [0.2, 0.25) is 0 Å². The summed E-state index contributed by atoms with van der Waals surface area (Å²) in [5, 5.41) is 6.95. The second kappa shape index (κ2) is 4.19. The SMILES string of the molecule is O=c1c2c[nH]c3c(Cl)csc3c-2nn1-c1ccccc1. The number of hydrogen-bond acceptors (Lipinski definition) is 3. The molecule has 1 N–H and O–H groups in total. The molecule has 0 atom stereocenters. The van der Waals surface area contributed by atoms with Crippen LogP contribution < -0.4 is 5.56 Å². The summed E-state index contributed by atoms with van der Waals surface area (Å²) < 4.78 is 2.32. The molecule has 0 amide bonds. The van der Waals surface area contributed by atoms with E-state index in [2.05, 4.69) is 10.1 Å². The van der Waals surface area contributed by atoms with E-state index < -0.39 is 0 Å². The van der Waals surface area contributed by atoms with Gasteiger partial charge in [-0.1, -0.05) is 29.8 Å². The molecule has 0 spiro atoms. The molecule has 3 heterocycles. The Hall–Kier alpha value is -2.11. The molecule has 20 heavy (non-hydrogen) atoms. The first-order chi connectivity index (χ1) is 9.75. The largest absolute Gasteiger partial charge is 0.358 e. The molecular formula is C14H8ClN3OS. The van der Waals surface area contributed by atoms with Crippen LogP contribution in [0.1, 0.15) is 0 Å². The van der Waals surface area contributed by atoms with Crippen LogP contribution in [-0.4, -0.2) is 14.8 Å². The Morgan fingerprint density at radius 3 is 2.85 bits per heavy atom. The van der Waals surface area contributed by atoms with Crippen molar-refractivity contribution in [1.82, 2.24) is 14.8 Å². The van der Waals surface area contributed by atoms with E-state index in [-0.39, 0.29) is 5.56 Å². The normalized spacial score (nSPS) is 11.4. The van der Waals surface area contributed by atoms with Crippen LogP contribution >= 0.6 is 22.9 Å². The summed E-state index contributed by atoms with van der Waals surface area (Å²) in [6, 6.07) is 9.38. The second-order valence-corrected chi connectivity index (χ2v) is 5.68. The van der Waals surface area contributed by atoms with Crippen LogP contribution in [0.3, 0.4) is 0 Å². The summed E-state index contributed by atoms with van der Waals surface area (Å²) >= 11 is 7.59. The monoisotopic (exact) mass is 301 g/mol. The smallest absolute Gasteiger partial charge is 0.282 e. The highest BCUT2D eigenvalue weighted by Crippen LogP contribution is 2.35. The van der Waals surface area contributed by atoms with Crippen molar-refractivity contribution in [2.45, 2.75) is 0 Å². The molecule has 0 radical (unpaired) electrons. The third kappa shape index (κ3) is 1.54. The summed E-state index contributed by atoms with van der Waals surface area (Å²) in [6.45, 7) is 0. The van der Waals surface area contributed by atoms with Crippen LogP contribution in [0.2, 0.25) is 5.02 Å². The topological polar surface area (TPSA) is 50.7 Å². The number of pyridine rings is 1. The highest BCUT2D eigenvalue weighted by Gasteiger charge is 2.20. The fourth-order valence-corrected chi connectivity index (χ4v) is 3.47. The lowest BCUT2D eigenvalue weighted by Gasteiger charge is -1.97. The molecule has 1 aromatic heterocycles. The van der Waals surface area contributed by atoms with Crippen molar-refractivity contribution < 1.29 is 0 Å². The molecule has 6 heteroatoms. The van der Waals surface area contributed by atoms with Crippen molar-refractivity contribution in [2.24, 2.45) is 0 Å². The molecule has 0 aliphatic carbocycles. The first kappa shape index (κ1) is 11.7. The van der Waals surface area contributed by atoms with Gasteiger partial charge < -0.3 is 4.98 Å². The van der Waals surface area contributed by atoms with Crippen LogP contribution in [0.5, 0.6) is 0 Å². The number of halogens is 1. The molecule has 2 aliphatic heterocycles. The Morgan fingerprint density at radius 1 is 1.25 bits per heavy atom. The van der Waals surface area contributed by atoms with Gasteiger partial charge in [-0.2, -0.15) is 9.78 Å². The number of thiophene rings is 1. The van der Waals surface area contributed by atoms with Gasteiger partial charge in [-0.15, -0.1) is 11.3 Å². The number of hydrogen-bond donors (Lipinski definition) is 1. The van der Waals surface area contributed by atoms with E-state index >= 15 is 0 Å². The molecule has 0 bridgehead atoms. The minimum absolute atomic E-state index is 0.131. The van der Waals surface area contributed by atoms with Crippen molar-refractivity contribution in [3.8, 4) is 16.9 Å². The summed E-state index contributed by atoms with van der Waals surface area (Å²) in [5.41, 5.74) is 2.70. The molecular weight excluding hydrogens is 294 g/mol. The van der Waals surface area contributed by atoms with E-state index in [1.165, 1.54) is 16.0 Å². The van der Waals surface area contributed by atoms with E-state index in [0.717, 1.165) is 15.9 Å². The van der Waals surface area contributed by atoms with Gasteiger partial charge in [0.05, 0.1) is 26.5 Å². The number of nitrogens with one attached hydrogen (secondary N) is 1. The number of benzene rings is 1. The lowest BCUT2D eigenvalue weighted by atomic mass is 10.2. The van der Waals surface area contributed by atoms with E-state index in [1.54, 1.807) is 6.20 Å². The Labute approximate surface area is 122 Å². The van der Waals surface area contributed by atoms with E-state index in [0.29, 0.717) is 16.3 Å².